The van der Waals surface area contributed by atoms with Crippen LogP contribution in [-0.2, 0) is 9.53 Å². The molecule has 3 atom stereocenters. The first-order valence-electron chi connectivity index (χ1n) is 11.7. The number of amides is 2. The van der Waals surface area contributed by atoms with Crippen LogP contribution in [0.15, 0.2) is 18.3 Å². The van der Waals surface area contributed by atoms with Gasteiger partial charge in [-0.25, -0.2) is 4.98 Å². The number of nitrogens with one attached hydrogen (secondary N) is 1. The zero-order chi connectivity index (χ0) is 21.4. The van der Waals surface area contributed by atoms with E-state index in [1.807, 2.05) is 6.07 Å². The highest BCUT2D eigenvalue weighted by molar-refractivity contribution is 5.92. The molecule has 4 fully saturated rings. The molecule has 0 radical (unpaired) electrons. The lowest BCUT2D eigenvalue weighted by Crippen LogP contribution is -2.61. The van der Waals surface area contributed by atoms with Gasteiger partial charge in [-0.15, -0.1) is 0 Å². The van der Waals surface area contributed by atoms with Gasteiger partial charge in [-0.05, 0) is 56.6 Å². The molecular formula is C23H33N5O3. The molecule has 0 bridgehead atoms. The second kappa shape index (κ2) is 8.39. The van der Waals surface area contributed by atoms with Crippen molar-refractivity contribution in [2.24, 2.45) is 17.1 Å². The minimum atomic E-state index is -0.473. The summed E-state index contributed by atoms with van der Waals surface area (Å²) in [5, 5.41) is 3.32. The van der Waals surface area contributed by atoms with E-state index >= 15 is 0 Å². The van der Waals surface area contributed by atoms with E-state index in [0.717, 1.165) is 77.2 Å². The monoisotopic (exact) mass is 427 g/mol. The van der Waals surface area contributed by atoms with Crippen molar-refractivity contribution in [2.45, 2.75) is 50.6 Å². The number of carbonyl (C=O) groups is 2. The number of nitrogens with two attached hydrogens (primary N) is 1. The van der Waals surface area contributed by atoms with Gasteiger partial charge in [0.15, 0.2) is 0 Å². The molecule has 2 saturated heterocycles. The third kappa shape index (κ3) is 4.15. The van der Waals surface area contributed by atoms with Crippen molar-refractivity contribution < 1.29 is 14.3 Å². The summed E-state index contributed by atoms with van der Waals surface area (Å²) in [7, 11) is 0. The summed E-state index contributed by atoms with van der Waals surface area (Å²) in [6, 6.07) is 4.49. The maximum Gasteiger partial charge on any atom is 0.250 e. The summed E-state index contributed by atoms with van der Waals surface area (Å²) in [6.45, 7) is 5.20. The van der Waals surface area contributed by atoms with E-state index in [0.29, 0.717) is 30.1 Å². The Labute approximate surface area is 183 Å². The number of hydrogen-bond donors (Lipinski definition) is 2. The number of aromatic nitrogens is 1. The van der Waals surface area contributed by atoms with Crippen LogP contribution in [0.3, 0.4) is 0 Å². The Morgan fingerprint density at radius 2 is 1.94 bits per heavy atom. The van der Waals surface area contributed by atoms with Crippen LogP contribution in [0.25, 0.3) is 0 Å². The Morgan fingerprint density at radius 3 is 2.61 bits per heavy atom. The molecule has 2 aliphatic heterocycles. The molecule has 2 amide bonds. The van der Waals surface area contributed by atoms with Crippen molar-refractivity contribution in [1.29, 1.82) is 0 Å². The van der Waals surface area contributed by atoms with Gasteiger partial charge in [0.25, 0.3) is 0 Å². The summed E-state index contributed by atoms with van der Waals surface area (Å²) in [4.78, 5) is 34.2. The molecule has 8 heteroatoms. The third-order valence-corrected chi connectivity index (χ3v) is 7.77. The molecule has 1 aromatic heterocycles. The van der Waals surface area contributed by atoms with E-state index in [2.05, 4.69) is 20.1 Å². The SMILES string of the molecule is NC(=O)c1ccc(N2CC[C@@H]3C[C@@H](N4CCOCC4)CC[C@@]3(C(=O)NC3CC3)C2)nc1. The maximum absolute atomic E-state index is 13.6. The highest BCUT2D eigenvalue weighted by atomic mass is 16.5. The molecule has 3 N–H and O–H groups in total. The van der Waals surface area contributed by atoms with Crippen molar-refractivity contribution in [2.75, 3.05) is 44.3 Å². The molecule has 4 aliphatic rings. The van der Waals surface area contributed by atoms with Crippen LogP contribution in [0.5, 0.6) is 0 Å². The molecule has 0 unspecified atom stereocenters. The summed E-state index contributed by atoms with van der Waals surface area (Å²) >= 11 is 0. The zero-order valence-corrected chi connectivity index (χ0v) is 18.1. The standard InChI is InChI=1S/C23H33N5O3/c24-21(29)16-1-4-20(25-14-16)28-8-6-17-13-19(27-9-11-31-12-10-27)5-7-23(17,15-28)22(30)26-18-2-3-18/h1,4,14,17-19H,2-3,5-13,15H2,(H2,24,29)(H,26,30)/t17-,19+,23-/m1/s1. The Bertz CT molecular complexity index is 821. The van der Waals surface area contributed by atoms with E-state index in [1.54, 1.807) is 6.07 Å². The zero-order valence-electron chi connectivity index (χ0n) is 18.1. The van der Waals surface area contributed by atoms with Gasteiger partial charge >= 0.3 is 0 Å². The molecule has 2 aliphatic carbocycles. The summed E-state index contributed by atoms with van der Waals surface area (Å²) in [5.41, 5.74) is 5.40. The normalized spacial score (nSPS) is 31.7. The number of pyridine rings is 1. The first kappa shape index (κ1) is 20.7. The molecule has 1 aromatic rings. The minimum absolute atomic E-state index is 0.235. The number of hydrogen-bond acceptors (Lipinski definition) is 6. The molecule has 8 nitrogen and oxygen atoms in total. The number of primary amides is 1. The van der Waals surface area contributed by atoms with Gasteiger partial charge in [0.1, 0.15) is 5.82 Å². The third-order valence-electron chi connectivity index (χ3n) is 7.77. The van der Waals surface area contributed by atoms with Gasteiger partial charge in [0, 0.05) is 44.5 Å². The number of piperidine rings is 1. The van der Waals surface area contributed by atoms with Crippen molar-refractivity contribution in [3.63, 3.8) is 0 Å². The van der Waals surface area contributed by atoms with E-state index in [1.165, 1.54) is 6.20 Å². The first-order chi connectivity index (χ1) is 15.0. The van der Waals surface area contributed by atoms with Crippen molar-refractivity contribution in [3.8, 4) is 0 Å². The predicted octanol–water partition coefficient (Wildman–Crippen LogP) is 1.16. The number of ether oxygens (including phenoxy) is 1. The van der Waals surface area contributed by atoms with Crippen LogP contribution >= 0.6 is 0 Å². The molecule has 0 aromatic carbocycles. The van der Waals surface area contributed by atoms with Gasteiger partial charge in [0.05, 0.1) is 24.2 Å². The fourth-order valence-corrected chi connectivity index (χ4v) is 5.75. The number of rotatable bonds is 5. The van der Waals surface area contributed by atoms with Crippen LogP contribution in [0.1, 0.15) is 48.9 Å². The van der Waals surface area contributed by atoms with Gasteiger partial charge in [0.2, 0.25) is 11.8 Å². The lowest BCUT2D eigenvalue weighted by molar-refractivity contribution is -0.139. The van der Waals surface area contributed by atoms with Crippen LogP contribution in [0.4, 0.5) is 5.82 Å². The molecule has 0 spiro atoms. The second-order valence-corrected chi connectivity index (χ2v) is 9.66. The molecule has 2 saturated carbocycles. The lowest BCUT2D eigenvalue weighted by Gasteiger charge is -2.53. The van der Waals surface area contributed by atoms with E-state index in [4.69, 9.17) is 10.5 Å². The van der Waals surface area contributed by atoms with Crippen LogP contribution in [0.2, 0.25) is 0 Å². The largest absolute Gasteiger partial charge is 0.379 e. The summed E-state index contributed by atoms with van der Waals surface area (Å²) < 4.78 is 5.54. The van der Waals surface area contributed by atoms with Gasteiger partial charge in [-0.3, -0.25) is 14.5 Å². The Balaban J connectivity index is 1.35. The second-order valence-electron chi connectivity index (χ2n) is 9.66. The van der Waals surface area contributed by atoms with Crippen molar-refractivity contribution in [3.05, 3.63) is 23.9 Å². The maximum atomic E-state index is 13.6. The molecule has 31 heavy (non-hydrogen) atoms. The van der Waals surface area contributed by atoms with Crippen LogP contribution < -0.4 is 16.0 Å². The quantitative estimate of drug-likeness (QED) is 0.731. The van der Waals surface area contributed by atoms with Crippen LogP contribution in [-0.4, -0.2) is 73.2 Å². The van der Waals surface area contributed by atoms with Gasteiger partial charge in [-0.2, -0.15) is 0 Å². The fraction of sp³-hybridized carbons (Fsp3) is 0.696. The average Bonchev–Trinajstić information content (AvgIpc) is 3.63. The number of fused-ring (bicyclic) bond motifs is 1. The highest BCUT2D eigenvalue weighted by Gasteiger charge is 2.53. The molecule has 3 heterocycles. The lowest BCUT2D eigenvalue weighted by atomic mass is 9.61. The Morgan fingerprint density at radius 1 is 1.13 bits per heavy atom. The first-order valence-corrected chi connectivity index (χ1v) is 11.7. The van der Waals surface area contributed by atoms with Gasteiger partial charge < -0.3 is 20.7 Å². The molecule has 168 valence electrons. The molecular weight excluding hydrogens is 394 g/mol. The van der Waals surface area contributed by atoms with E-state index < -0.39 is 5.91 Å². The fourth-order valence-electron chi connectivity index (χ4n) is 5.75. The average molecular weight is 428 g/mol. The summed E-state index contributed by atoms with van der Waals surface area (Å²) in [5.74, 6) is 0.963. The predicted molar refractivity (Wildman–Crippen MR) is 117 cm³/mol. The van der Waals surface area contributed by atoms with Crippen molar-refractivity contribution >= 4 is 17.6 Å². The molecule has 5 rings (SSSR count). The number of morpholine rings is 1. The number of anilines is 1. The number of carbonyl (C=O) groups excluding carboxylic acids is 2. The number of nitrogens with zero attached hydrogens (tertiary/aromatic N) is 3. The summed E-state index contributed by atoms with van der Waals surface area (Å²) in [6.07, 6.45) is 7.77. The van der Waals surface area contributed by atoms with Crippen LogP contribution in [0, 0.1) is 11.3 Å². The topological polar surface area (TPSA) is 101 Å². The smallest absolute Gasteiger partial charge is 0.250 e. The van der Waals surface area contributed by atoms with E-state index in [-0.39, 0.29) is 11.3 Å². The minimum Gasteiger partial charge on any atom is -0.379 e. The Kier molecular flexibility index (Phi) is 5.60. The Hall–Kier alpha value is -2.19. The van der Waals surface area contributed by atoms with Crippen molar-refractivity contribution in [1.82, 2.24) is 15.2 Å². The van der Waals surface area contributed by atoms with Gasteiger partial charge in [-0.1, -0.05) is 0 Å². The highest BCUT2D eigenvalue weighted by Crippen LogP contribution is 2.48. The van der Waals surface area contributed by atoms with E-state index in [9.17, 15) is 9.59 Å².